The summed E-state index contributed by atoms with van der Waals surface area (Å²) in [6, 6.07) is 14.6. The smallest absolute Gasteiger partial charge is 0.283 e. The summed E-state index contributed by atoms with van der Waals surface area (Å²) < 4.78 is 10.8. The molecule has 2 aromatic carbocycles. The lowest BCUT2D eigenvalue weighted by Gasteiger charge is -2.48. The van der Waals surface area contributed by atoms with Gasteiger partial charge in [-0.25, -0.2) is 0 Å². The number of carbonyl (C=O) groups excluding carboxylic acids is 1. The van der Waals surface area contributed by atoms with Gasteiger partial charge in [-0.3, -0.25) is 4.79 Å². The first-order valence-electron chi connectivity index (χ1n) is 9.23. The number of hydrogen-bond donors (Lipinski definition) is 0. The minimum atomic E-state index is -0.405. The van der Waals surface area contributed by atoms with Crippen LogP contribution in [0.2, 0.25) is 0 Å². The third kappa shape index (κ3) is 2.63. The largest absolute Gasteiger partial charge is 0.493 e. The molecular formula is C22H25NO3S. The second-order valence-electron chi connectivity index (χ2n) is 7.60. The van der Waals surface area contributed by atoms with Crippen molar-refractivity contribution in [2.75, 3.05) is 20.8 Å². The van der Waals surface area contributed by atoms with Gasteiger partial charge < -0.3 is 14.4 Å². The highest BCUT2D eigenvalue weighted by atomic mass is 32.2. The second-order valence-corrected chi connectivity index (χ2v) is 9.05. The molecule has 1 saturated heterocycles. The van der Waals surface area contributed by atoms with E-state index in [0.29, 0.717) is 5.75 Å². The molecule has 4 nitrogen and oxygen atoms in total. The average Bonchev–Trinajstić information content (AvgIpc) is 2.87. The highest BCUT2D eigenvalue weighted by molar-refractivity contribution is 8.15. The summed E-state index contributed by atoms with van der Waals surface area (Å²) in [5.74, 6) is 1.46. The fourth-order valence-electron chi connectivity index (χ4n) is 4.57. The Morgan fingerprint density at radius 2 is 1.74 bits per heavy atom. The average molecular weight is 384 g/mol. The molecular weight excluding hydrogens is 358 g/mol. The Kier molecular flexibility index (Phi) is 4.38. The van der Waals surface area contributed by atoms with Crippen molar-refractivity contribution < 1.29 is 14.3 Å². The number of nitrogens with zero attached hydrogens (tertiary/aromatic N) is 1. The minimum absolute atomic E-state index is 0.163. The van der Waals surface area contributed by atoms with E-state index in [1.165, 1.54) is 28.5 Å². The lowest BCUT2D eigenvalue weighted by Crippen LogP contribution is -2.55. The molecule has 27 heavy (non-hydrogen) atoms. The van der Waals surface area contributed by atoms with E-state index in [0.717, 1.165) is 25.1 Å². The van der Waals surface area contributed by atoms with E-state index in [1.54, 1.807) is 14.2 Å². The molecule has 0 spiro atoms. The van der Waals surface area contributed by atoms with E-state index in [2.05, 4.69) is 55.1 Å². The van der Waals surface area contributed by atoms with Crippen molar-refractivity contribution in [2.24, 2.45) is 0 Å². The lowest BCUT2D eigenvalue weighted by atomic mass is 9.71. The van der Waals surface area contributed by atoms with Crippen molar-refractivity contribution in [3.63, 3.8) is 0 Å². The molecule has 2 aliphatic rings. The van der Waals surface area contributed by atoms with Crippen molar-refractivity contribution in [1.29, 1.82) is 0 Å². The Labute approximate surface area is 164 Å². The van der Waals surface area contributed by atoms with Crippen molar-refractivity contribution in [1.82, 2.24) is 4.90 Å². The third-order valence-electron chi connectivity index (χ3n) is 6.23. The fourth-order valence-corrected chi connectivity index (χ4v) is 5.99. The van der Waals surface area contributed by atoms with Gasteiger partial charge in [0.15, 0.2) is 11.5 Å². The zero-order valence-corrected chi connectivity index (χ0v) is 17.1. The molecule has 0 N–H and O–H groups in total. The molecule has 2 aliphatic heterocycles. The van der Waals surface area contributed by atoms with E-state index in [9.17, 15) is 4.79 Å². The Morgan fingerprint density at radius 1 is 1.07 bits per heavy atom. The van der Waals surface area contributed by atoms with Gasteiger partial charge in [-0.1, -0.05) is 42.1 Å². The predicted octanol–water partition coefficient (Wildman–Crippen LogP) is 4.65. The van der Waals surface area contributed by atoms with Crippen LogP contribution in [0.5, 0.6) is 11.5 Å². The van der Waals surface area contributed by atoms with Crippen LogP contribution >= 0.6 is 11.8 Å². The van der Waals surface area contributed by atoms with Crippen LogP contribution in [-0.4, -0.2) is 35.7 Å². The molecule has 142 valence electrons. The molecule has 0 saturated carbocycles. The van der Waals surface area contributed by atoms with Crippen molar-refractivity contribution in [3.8, 4) is 11.5 Å². The summed E-state index contributed by atoms with van der Waals surface area (Å²) in [4.78, 5) is 15.0. The quantitative estimate of drug-likeness (QED) is 0.771. The number of carbonyl (C=O) groups is 1. The number of fused-ring (bicyclic) bond motifs is 3. The van der Waals surface area contributed by atoms with Crippen LogP contribution in [0.25, 0.3) is 0 Å². The lowest BCUT2D eigenvalue weighted by molar-refractivity contribution is 0.113. The molecule has 5 heteroatoms. The molecule has 1 amide bonds. The first-order chi connectivity index (χ1) is 12.9. The molecule has 2 aromatic rings. The molecule has 2 heterocycles. The van der Waals surface area contributed by atoms with Gasteiger partial charge in [0, 0.05) is 6.54 Å². The van der Waals surface area contributed by atoms with Gasteiger partial charge in [0.25, 0.3) is 5.24 Å². The van der Waals surface area contributed by atoms with E-state index in [-0.39, 0.29) is 9.99 Å². The van der Waals surface area contributed by atoms with Gasteiger partial charge in [0.05, 0.1) is 24.5 Å². The molecule has 0 bridgehead atoms. The number of thioether (sulfide) groups is 1. The van der Waals surface area contributed by atoms with Gasteiger partial charge in [-0.05, 0) is 55.5 Å². The summed E-state index contributed by atoms with van der Waals surface area (Å²) >= 11 is 1.47. The third-order valence-corrected chi connectivity index (χ3v) is 7.61. The zero-order valence-electron chi connectivity index (χ0n) is 16.2. The summed E-state index contributed by atoms with van der Waals surface area (Å²) in [5.41, 5.74) is 3.25. The van der Waals surface area contributed by atoms with Crippen LogP contribution in [0.15, 0.2) is 42.5 Å². The van der Waals surface area contributed by atoms with E-state index >= 15 is 0 Å². The molecule has 1 fully saturated rings. The molecule has 4 rings (SSSR count). The maximum absolute atomic E-state index is 12.9. The normalized spacial score (nSPS) is 26.5. The van der Waals surface area contributed by atoms with Crippen molar-refractivity contribution in [3.05, 3.63) is 59.2 Å². The molecule has 0 aromatic heterocycles. The Balaban J connectivity index is 1.86. The summed E-state index contributed by atoms with van der Waals surface area (Å²) in [5, 5.41) is 0.163. The number of ether oxygens (including phenoxy) is 2. The second kappa shape index (κ2) is 6.48. The standard InChI is InChI=1S/C22H25NO3S/c1-21(14-15-8-6-5-7-9-15)22(2)17-13-19(26-4)18(25-3)12-16(17)10-11-23(22)20(24)27-21/h5-9,12-13H,10-11,14H2,1-4H3/t21-,22-/m1/s1. The van der Waals surface area contributed by atoms with Crippen LogP contribution in [0.4, 0.5) is 4.79 Å². The fraction of sp³-hybridized carbons (Fsp3) is 0.409. The molecule has 0 aliphatic carbocycles. The Bertz CT molecular complexity index is 885. The Morgan fingerprint density at radius 3 is 2.41 bits per heavy atom. The highest BCUT2D eigenvalue weighted by Crippen LogP contribution is 2.58. The minimum Gasteiger partial charge on any atom is -0.493 e. The van der Waals surface area contributed by atoms with E-state index in [1.807, 2.05) is 6.07 Å². The number of rotatable bonds is 4. The van der Waals surface area contributed by atoms with Crippen LogP contribution in [-0.2, 0) is 18.4 Å². The summed E-state index contributed by atoms with van der Waals surface area (Å²) in [6.45, 7) is 5.15. The van der Waals surface area contributed by atoms with Gasteiger partial charge in [0.2, 0.25) is 0 Å². The molecule has 0 unspecified atom stereocenters. The maximum atomic E-state index is 12.9. The number of hydrogen-bond acceptors (Lipinski definition) is 4. The van der Waals surface area contributed by atoms with E-state index in [4.69, 9.17) is 9.47 Å². The zero-order chi connectivity index (χ0) is 19.2. The maximum Gasteiger partial charge on any atom is 0.283 e. The van der Waals surface area contributed by atoms with Gasteiger partial charge in [0.1, 0.15) is 0 Å². The van der Waals surface area contributed by atoms with Gasteiger partial charge in [-0.2, -0.15) is 0 Å². The van der Waals surface area contributed by atoms with Crippen LogP contribution in [0, 0.1) is 0 Å². The highest BCUT2D eigenvalue weighted by Gasteiger charge is 2.61. The van der Waals surface area contributed by atoms with Crippen LogP contribution < -0.4 is 9.47 Å². The van der Waals surface area contributed by atoms with E-state index < -0.39 is 5.54 Å². The van der Waals surface area contributed by atoms with Crippen LogP contribution in [0.1, 0.15) is 30.5 Å². The number of methoxy groups -OCH3 is 2. The number of benzene rings is 2. The first-order valence-corrected chi connectivity index (χ1v) is 10.0. The van der Waals surface area contributed by atoms with Gasteiger partial charge in [-0.15, -0.1) is 0 Å². The monoisotopic (exact) mass is 383 g/mol. The topological polar surface area (TPSA) is 38.8 Å². The molecule has 0 radical (unpaired) electrons. The van der Waals surface area contributed by atoms with Crippen molar-refractivity contribution >= 4 is 17.0 Å². The Hall–Kier alpha value is -2.14. The van der Waals surface area contributed by atoms with Crippen molar-refractivity contribution in [2.45, 2.75) is 37.0 Å². The summed E-state index contributed by atoms with van der Waals surface area (Å²) in [6.07, 6.45) is 1.66. The molecule has 2 atom stereocenters. The summed E-state index contributed by atoms with van der Waals surface area (Å²) in [7, 11) is 3.32. The van der Waals surface area contributed by atoms with Gasteiger partial charge >= 0.3 is 0 Å². The number of amides is 1. The van der Waals surface area contributed by atoms with Crippen LogP contribution in [0.3, 0.4) is 0 Å². The predicted molar refractivity (Wildman–Crippen MR) is 109 cm³/mol. The SMILES string of the molecule is COc1cc2c(cc1OC)[C@@]1(C)N(CC2)C(=O)S[C@]1(C)Cc1ccccc1. The first kappa shape index (κ1) is 18.2.